The number of rotatable bonds is 5. The van der Waals surface area contributed by atoms with Crippen molar-refractivity contribution in [1.29, 1.82) is 0 Å². The normalized spacial score (nSPS) is 21.2. The van der Waals surface area contributed by atoms with E-state index in [-0.39, 0.29) is 5.41 Å². The Kier molecular flexibility index (Phi) is 6.98. The van der Waals surface area contributed by atoms with Crippen LogP contribution in [0.25, 0.3) is 55.3 Å². The Bertz CT molecular complexity index is 2810. The third-order valence-corrected chi connectivity index (χ3v) is 14.2. The fraction of sp³-hybridized carbons (Fsp3) is 0.222. The maximum atomic E-state index is 6.89. The summed E-state index contributed by atoms with van der Waals surface area (Å²) in [6.45, 7) is 4.73. The minimum Gasteiger partial charge on any atom is -0.455 e. The number of para-hydroxylation sites is 1. The van der Waals surface area contributed by atoms with Crippen molar-refractivity contribution in [1.82, 2.24) is 0 Å². The van der Waals surface area contributed by atoms with Crippen LogP contribution in [0, 0.1) is 11.8 Å². The molecule has 5 aliphatic carbocycles. The van der Waals surface area contributed by atoms with E-state index in [0.29, 0.717) is 11.8 Å². The SMILES string of the molecule is CC1(C)c2ccccc2-c2c(N(c3ccc(-c4ccccc4)cc3)c3ccc(-c4cc5c(c6c4oc4ccccc46)C4CC6CC(CC5C6)C4)cc3)cccc21. The van der Waals surface area contributed by atoms with E-state index >= 15 is 0 Å². The van der Waals surface area contributed by atoms with Gasteiger partial charge in [-0.05, 0) is 143 Å². The minimum atomic E-state index is -0.0866. The highest BCUT2D eigenvalue weighted by Gasteiger charge is 2.44. The summed E-state index contributed by atoms with van der Waals surface area (Å²) in [7, 11) is 0. The summed E-state index contributed by atoms with van der Waals surface area (Å²) in [5, 5.41) is 2.67. The molecule has 0 radical (unpaired) electrons. The summed E-state index contributed by atoms with van der Waals surface area (Å²) in [5.74, 6) is 3.03. The Hall–Kier alpha value is -5.86. The van der Waals surface area contributed by atoms with Gasteiger partial charge in [0, 0.05) is 38.7 Å². The molecule has 1 aromatic heterocycles. The first-order chi connectivity index (χ1) is 27.5. The summed E-state index contributed by atoms with van der Waals surface area (Å²) in [4.78, 5) is 2.47. The fourth-order valence-corrected chi connectivity index (χ4v) is 11.9. The molecule has 0 N–H and O–H groups in total. The quantitative estimate of drug-likeness (QED) is 0.176. The molecule has 13 rings (SSSR count). The summed E-state index contributed by atoms with van der Waals surface area (Å²) in [6.07, 6.45) is 6.81. The van der Waals surface area contributed by atoms with Crippen molar-refractivity contribution >= 4 is 39.0 Å². The molecule has 1 heterocycles. The third-order valence-electron chi connectivity index (χ3n) is 14.2. The Labute approximate surface area is 329 Å². The monoisotopic (exact) mass is 723 g/mol. The highest BCUT2D eigenvalue weighted by molar-refractivity contribution is 6.12. The van der Waals surface area contributed by atoms with Gasteiger partial charge in [0.25, 0.3) is 0 Å². The van der Waals surface area contributed by atoms with E-state index in [4.69, 9.17) is 4.42 Å². The first-order valence-electron chi connectivity index (χ1n) is 20.8. The Morgan fingerprint density at radius 2 is 1.16 bits per heavy atom. The molecule has 2 fully saturated rings. The average Bonchev–Trinajstić information content (AvgIpc) is 3.67. The molecule has 2 nitrogen and oxygen atoms in total. The standard InChI is InChI=1S/C54H45NO/c1-54(2)46-15-8-6-13-42(46)51-47(54)16-10-17-48(51)55(40-23-19-36(20-24-40)35-11-4-3-5-12-35)41-25-21-37(22-26-41)45-32-44-38-28-33-27-34(29-38)31-39(30-33)50(44)52-43-14-7-9-18-49(43)56-53(45)52/h3-26,32-34,38-39H,27-31H2,1-2H3. The van der Waals surface area contributed by atoms with Crippen LogP contribution in [0.15, 0.2) is 156 Å². The number of benzene rings is 7. The summed E-state index contributed by atoms with van der Waals surface area (Å²) in [5.41, 5.74) is 19.0. The Morgan fingerprint density at radius 1 is 0.536 bits per heavy atom. The second kappa shape index (κ2) is 12.1. The predicted molar refractivity (Wildman–Crippen MR) is 232 cm³/mol. The zero-order valence-corrected chi connectivity index (χ0v) is 32.1. The molecule has 0 aliphatic heterocycles. The predicted octanol–water partition coefficient (Wildman–Crippen LogP) is 15.1. The number of anilines is 3. The van der Waals surface area contributed by atoms with Crippen LogP contribution in [0.5, 0.6) is 0 Å². The summed E-state index contributed by atoms with van der Waals surface area (Å²) in [6, 6.07) is 56.3. The van der Waals surface area contributed by atoms with Crippen LogP contribution in [0.2, 0.25) is 0 Å². The lowest BCUT2D eigenvalue weighted by atomic mass is 9.67. The number of nitrogens with zero attached hydrogens (tertiary/aromatic N) is 1. The molecule has 5 aliphatic rings. The number of fused-ring (bicyclic) bond motifs is 6. The van der Waals surface area contributed by atoms with Crippen molar-refractivity contribution in [2.75, 3.05) is 4.90 Å². The van der Waals surface area contributed by atoms with Gasteiger partial charge >= 0.3 is 0 Å². The molecule has 7 aromatic carbocycles. The number of furan rings is 1. The first-order valence-corrected chi connectivity index (χ1v) is 20.8. The van der Waals surface area contributed by atoms with E-state index in [2.05, 4.69) is 170 Å². The van der Waals surface area contributed by atoms with Gasteiger partial charge in [-0.2, -0.15) is 0 Å². The zero-order chi connectivity index (χ0) is 37.1. The fourth-order valence-electron chi connectivity index (χ4n) is 11.9. The van der Waals surface area contributed by atoms with Gasteiger partial charge in [0.15, 0.2) is 0 Å². The van der Waals surface area contributed by atoms with Gasteiger partial charge in [-0.15, -0.1) is 0 Å². The minimum absolute atomic E-state index is 0.0866. The van der Waals surface area contributed by atoms with E-state index in [1.807, 2.05) is 0 Å². The maximum Gasteiger partial charge on any atom is 0.143 e. The molecule has 4 bridgehead atoms. The van der Waals surface area contributed by atoms with Crippen molar-refractivity contribution < 1.29 is 4.42 Å². The lowest BCUT2D eigenvalue weighted by Crippen LogP contribution is -2.25. The van der Waals surface area contributed by atoms with Crippen molar-refractivity contribution in [3.05, 3.63) is 174 Å². The van der Waals surface area contributed by atoms with E-state index < -0.39 is 0 Å². The van der Waals surface area contributed by atoms with Gasteiger partial charge in [-0.25, -0.2) is 0 Å². The van der Waals surface area contributed by atoms with Crippen molar-refractivity contribution in [2.45, 2.75) is 63.2 Å². The van der Waals surface area contributed by atoms with Crippen LogP contribution in [0.3, 0.4) is 0 Å². The highest BCUT2D eigenvalue weighted by atomic mass is 16.3. The summed E-state index contributed by atoms with van der Waals surface area (Å²) < 4.78 is 6.89. The van der Waals surface area contributed by atoms with Crippen LogP contribution in [0.1, 0.15) is 80.0 Å². The second-order valence-corrected chi connectivity index (χ2v) is 17.7. The molecule has 0 spiro atoms. The molecule has 2 saturated carbocycles. The summed E-state index contributed by atoms with van der Waals surface area (Å²) >= 11 is 0. The van der Waals surface area contributed by atoms with Crippen LogP contribution < -0.4 is 4.90 Å². The van der Waals surface area contributed by atoms with E-state index in [0.717, 1.165) is 34.4 Å². The van der Waals surface area contributed by atoms with E-state index in [1.165, 1.54) is 93.1 Å². The second-order valence-electron chi connectivity index (χ2n) is 17.7. The smallest absolute Gasteiger partial charge is 0.143 e. The third kappa shape index (κ3) is 4.75. The van der Waals surface area contributed by atoms with E-state index in [9.17, 15) is 0 Å². The van der Waals surface area contributed by atoms with Crippen LogP contribution in [-0.2, 0) is 5.41 Å². The number of hydrogen-bond donors (Lipinski definition) is 0. The van der Waals surface area contributed by atoms with Crippen molar-refractivity contribution in [3.63, 3.8) is 0 Å². The molecular formula is C54H45NO. The van der Waals surface area contributed by atoms with Crippen LogP contribution in [-0.4, -0.2) is 0 Å². The molecule has 2 heteroatoms. The topological polar surface area (TPSA) is 16.4 Å². The Morgan fingerprint density at radius 3 is 1.93 bits per heavy atom. The zero-order valence-electron chi connectivity index (χ0n) is 32.1. The number of hydrogen-bond acceptors (Lipinski definition) is 2. The van der Waals surface area contributed by atoms with Gasteiger partial charge < -0.3 is 9.32 Å². The van der Waals surface area contributed by atoms with Crippen molar-refractivity contribution in [3.8, 4) is 33.4 Å². The van der Waals surface area contributed by atoms with Gasteiger partial charge in [0.1, 0.15) is 11.2 Å². The van der Waals surface area contributed by atoms with Crippen LogP contribution in [0.4, 0.5) is 17.1 Å². The molecule has 0 saturated heterocycles. The van der Waals surface area contributed by atoms with Crippen LogP contribution >= 0.6 is 0 Å². The molecule has 0 amide bonds. The molecule has 2 atom stereocenters. The average molecular weight is 724 g/mol. The first kappa shape index (κ1) is 32.4. The van der Waals surface area contributed by atoms with Gasteiger partial charge in [-0.3, -0.25) is 0 Å². The molecule has 56 heavy (non-hydrogen) atoms. The van der Waals surface area contributed by atoms with Crippen molar-refractivity contribution in [2.24, 2.45) is 11.8 Å². The molecule has 8 aromatic rings. The van der Waals surface area contributed by atoms with Gasteiger partial charge in [0.2, 0.25) is 0 Å². The van der Waals surface area contributed by atoms with Gasteiger partial charge in [-0.1, -0.05) is 123 Å². The molecule has 2 unspecified atom stereocenters. The van der Waals surface area contributed by atoms with Gasteiger partial charge in [0.05, 0.1) is 5.69 Å². The molecular weight excluding hydrogens is 679 g/mol. The lowest BCUT2D eigenvalue weighted by Gasteiger charge is -2.38. The largest absolute Gasteiger partial charge is 0.455 e. The lowest BCUT2D eigenvalue weighted by molar-refractivity contribution is 0.166. The highest BCUT2D eigenvalue weighted by Crippen LogP contribution is 2.59. The van der Waals surface area contributed by atoms with E-state index in [1.54, 1.807) is 11.1 Å². The molecule has 272 valence electrons. The Balaban J connectivity index is 1.03. The maximum absolute atomic E-state index is 6.89.